The van der Waals surface area contributed by atoms with Crippen LogP contribution < -0.4 is 5.32 Å². The van der Waals surface area contributed by atoms with Gasteiger partial charge in [0.1, 0.15) is 10.7 Å². The molecule has 2 aromatic heterocycles. The van der Waals surface area contributed by atoms with Crippen molar-refractivity contribution >= 4 is 27.8 Å². The highest BCUT2D eigenvalue weighted by Crippen LogP contribution is 2.26. The Bertz CT molecular complexity index is 406. The van der Waals surface area contributed by atoms with Crippen molar-refractivity contribution in [3.05, 3.63) is 17.0 Å². The Morgan fingerprint density at radius 2 is 2.27 bits per heavy atom. The monoisotopic (exact) mass is 239 g/mol. The molecule has 0 radical (unpaired) electrons. The van der Waals surface area contributed by atoms with E-state index in [0.717, 1.165) is 22.4 Å². The molecule has 0 aliphatic carbocycles. The largest absolute Gasteiger partial charge is 0.361 e. The van der Waals surface area contributed by atoms with Crippen LogP contribution in [0.25, 0.3) is 10.7 Å². The SMILES string of the molecule is CC(C)CNc1nc(-c2nccs2)cs1. The van der Waals surface area contributed by atoms with Crippen molar-refractivity contribution in [3.8, 4) is 10.7 Å². The van der Waals surface area contributed by atoms with E-state index >= 15 is 0 Å². The topological polar surface area (TPSA) is 37.8 Å². The lowest BCUT2D eigenvalue weighted by Gasteiger charge is -2.04. The van der Waals surface area contributed by atoms with E-state index in [9.17, 15) is 0 Å². The zero-order valence-electron chi connectivity index (χ0n) is 8.73. The van der Waals surface area contributed by atoms with Crippen molar-refractivity contribution in [1.29, 1.82) is 0 Å². The first-order valence-corrected chi connectivity index (χ1v) is 6.61. The molecule has 0 aliphatic heterocycles. The van der Waals surface area contributed by atoms with Crippen LogP contribution in [0.15, 0.2) is 17.0 Å². The minimum Gasteiger partial charge on any atom is -0.361 e. The molecular formula is C10H13N3S2. The van der Waals surface area contributed by atoms with E-state index in [-0.39, 0.29) is 0 Å². The van der Waals surface area contributed by atoms with Gasteiger partial charge in [-0.3, -0.25) is 0 Å². The summed E-state index contributed by atoms with van der Waals surface area (Å²) in [7, 11) is 0. The van der Waals surface area contributed by atoms with Gasteiger partial charge in [0.05, 0.1) is 0 Å². The molecule has 0 spiro atoms. The van der Waals surface area contributed by atoms with E-state index in [1.54, 1.807) is 28.9 Å². The van der Waals surface area contributed by atoms with Crippen molar-refractivity contribution in [3.63, 3.8) is 0 Å². The van der Waals surface area contributed by atoms with Gasteiger partial charge in [0.2, 0.25) is 0 Å². The fourth-order valence-electron chi connectivity index (χ4n) is 1.09. The minimum atomic E-state index is 0.636. The second kappa shape index (κ2) is 4.72. The summed E-state index contributed by atoms with van der Waals surface area (Å²) in [6.07, 6.45) is 1.81. The number of anilines is 1. The van der Waals surface area contributed by atoms with Crippen LogP contribution in [0.3, 0.4) is 0 Å². The van der Waals surface area contributed by atoms with Gasteiger partial charge < -0.3 is 5.32 Å². The van der Waals surface area contributed by atoms with Crippen molar-refractivity contribution in [2.24, 2.45) is 5.92 Å². The highest BCUT2D eigenvalue weighted by Gasteiger charge is 2.06. The van der Waals surface area contributed by atoms with E-state index in [0.29, 0.717) is 5.92 Å². The zero-order chi connectivity index (χ0) is 10.7. The van der Waals surface area contributed by atoms with Gasteiger partial charge >= 0.3 is 0 Å². The lowest BCUT2D eigenvalue weighted by Crippen LogP contribution is -2.07. The number of nitrogens with one attached hydrogen (secondary N) is 1. The summed E-state index contributed by atoms with van der Waals surface area (Å²) in [5.74, 6) is 0.636. The third-order valence-corrected chi connectivity index (χ3v) is 3.41. The van der Waals surface area contributed by atoms with E-state index in [4.69, 9.17) is 0 Å². The molecule has 0 fully saturated rings. The molecule has 0 saturated carbocycles. The lowest BCUT2D eigenvalue weighted by molar-refractivity contribution is 0.688. The van der Waals surface area contributed by atoms with Gasteiger partial charge in [0, 0.05) is 23.5 Å². The van der Waals surface area contributed by atoms with E-state index in [1.807, 2.05) is 10.8 Å². The fourth-order valence-corrected chi connectivity index (χ4v) is 2.47. The number of thiazole rings is 2. The van der Waals surface area contributed by atoms with Gasteiger partial charge in [0.25, 0.3) is 0 Å². The van der Waals surface area contributed by atoms with Crippen LogP contribution in [-0.2, 0) is 0 Å². The molecule has 0 amide bonds. The second-order valence-electron chi connectivity index (χ2n) is 3.65. The summed E-state index contributed by atoms with van der Waals surface area (Å²) in [6.45, 7) is 5.33. The van der Waals surface area contributed by atoms with Gasteiger partial charge in [0.15, 0.2) is 5.13 Å². The van der Waals surface area contributed by atoms with Crippen LogP contribution in [0.1, 0.15) is 13.8 Å². The molecule has 80 valence electrons. The Hall–Kier alpha value is -0.940. The first kappa shape index (κ1) is 10.6. The number of hydrogen-bond acceptors (Lipinski definition) is 5. The second-order valence-corrected chi connectivity index (χ2v) is 5.40. The first-order chi connectivity index (χ1) is 7.25. The van der Waals surface area contributed by atoms with E-state index < -0.39 is 0 Å². The molecule has 0 unspecified atom stereocenters. The van der Waals surface area contributed by atoms with Gasteiger partial charge in [-0.2, -0.15) is 0 Å². The summed E-state index contributed by atoms with van der Waals surface area (Å²) in [5, 5.41) is 9.29. The predicted molar refractivity (Wildman–Crippen MR) is 66.5 cm³/mol. The summed E-state index contributed by atoms with van der Waals surface area (Å²) in [4.78, 5) is 8.71. The Morgan fingerprint density at radius 3 is 2.93 bits per heavy atom. The molecular weight excluding hydrogens is 226 g/mol. The molecule has 3 nitrogen and oxygen atoms in total. The highest BCUT2D eigenvalue weighted by atomic mass is 32.1. The maximum absolute atomic E-state index is 4.48. The zero-order valence-corrected chi connectivity index (χ0v) is 10.4. The molecule has 0 aromatic carbocycles. The van der Waals surface area contributed by atoms with Gasteiger partial charge in [-0.25, -0.2) is 9.97 Å². The van der Waals surface area contributed by atoms with Crippen molar-refractivity contribution in [2.45, 2.75) is 13.8 Å². The van der Waals surface area contributed by atoms with E-state index in [2.05, 4.69) is 29.1 Å². The molecule has 0 bridgehead atoms. The molecule has 0 aliphatic rings. The van der Waals surface area contributed by atoms with Gasteiger partial charge in [-0.1, -0.05) is 13.8 Å². The van der Waals surface area contributed by atoms with E-state index in [1.165, 1.54) is 0 Å². The normalized spacial score (nSPS) is 10.9. The third-order valence-electron chi connectivity index (χ3n) is 1.82. The molecule has 2 heterocycles. The summed E-state index contributed by atoms with van der Waals surface area (Å²) in [5.41, 5.74) is 0.973. The summed E-state index contributed by atoms with van der Waals surface area (Å²) in [6, 6.07) is 0. The number of rotatable bonds is 4. The molecule has 15 heavy (non-hydrogen) atoms. The van der Waals surface area contributed by atoms with Crippen LogP contribution in [0, 0.1) is 5.92 Å². The highest BCUT2D eigenvalue weighted by molar-refractivity contribution is 7.15. The molecule has 0 atom stereocenters. The third kappa shape index (κ3) is 2.76. The summed E-state index contributed by atoms with van der Waals surface area (Å²) < 4.78 is 0. The van der Waals surface area contributed by atoms with Gasteiger partial charge in [-0.15, -0.1) is 22.7 Å². The standard InChI is InChI=1S/C10H13N3S2/c1-7(2)5-12-10-13-8(6-15-10)9-11-3-4-14-9/h3-4,6-7H,5H2,1-2H3,(H,12,13). The smallest absolute Gasteiger partial charge is 0.183 e. The number of hydrogen-bond donors (Lipinski definition) is 1. The first-order valence-electron chi connectivity index (χ1n) is 4.85. The average molecular weight is 239 g/mol. The van der Waals surface area contributed by atoms with Crippen molar-refractivity contribution in [1.82, 2.24) is 9.97 Å². The van der Waals surface area contributed by atoms with Crippen LogP contribution in [0.2, 0.25) is 0 Å². The molecule has 2 aromatic rings. The van der Waals surface area contributed by atoms with Crippen LogP contribution in [0.5, 0.6) is 0 Å². The van der Waals surface area contributed by atoms with Crippen LogP contribution in [-0.4, -0.2) is 16.5 Å². The molecule has 2 rings (SSSR count). The Morgan fingerprint density at radius 1 is 1.40 bits per heavy atom. The quantitative estimate of drug-likeness (QED) is 0.889. The van der Waals surface area contributed by atoms with Crippen molar-refractivity contribution in [2.75, 3.05) is 11.9 Å². The molecule has 1 N–H and O–H groups in total. The van der Waals surface area contributed by atoms with Crippen LogP contribution in [0.4, 0.5) is 5.13 Å². The molecule has 0 saturated heterocycles. The lowest BCUT2D eigenvalue weighted by atomic mass is 10.2. The Labute approximate surface area is 97.2 Å². The average Bonchev–Trinajstić information content (AvgIpc) is 2.85. The maximum Gasteiger partial charge on any atom is 0.183 e. The Balaban J connectivity index is 2.04. The minimum absolute atomic E-state index is 0.636. The maximum atomic E-state index is 4.48. The number of nitrogens with zero attached hydrogens (tertiary/aromatic N) is 2. The van der Waals surface area contributed by atoms with Crippen LogP contribution >= 0.6 is 22.7 Å². The van der Waals surface area contributed by atoms with Crippen molar-refractivity contribution < 1.29 is 0 Å². The fraction of sp³-hybridized carbons (Fsp3) is 0.400. The van der Waals surface area contributed by atoms with Gasteiger partial charge in [-0.05, 0) is 5.92 Å². The molecule has 5 heteroatoms. The predicted octanol–water partition coefficient (Wildman–Crippen LogP) is 3.33. The summed E-state index contributed by atoms with van der Waals surface area (Å²) >= 11 is 3.25. The number of aromatic nitrogens is 2. The Kier molecular flexibility index (Phi) is 3.33.